The van der Waals surface area contributed by atoms with Crippen LogP contribution in [0.3, 0.4) is 0 Å². The minimum Gasteiger partial charge on any atom is -0.308 e. The summed E-state index contributed by atoms with van der Waals surface area (Å²) in [4.78, 5) is 0. The highest BCUT2D eigenvalue weighted by molar-refractivity contribution is 5.33. The van der Waals surface area contributed by atoms with E-state index in [2.05, 4.69) is 5.32 Å². The maximum absolute atomic E-state index is 13.8. The summed E-state index contributed by atoms with van der Waals surface area (Å²) >= 11 is 0. The molecule has 1 N–H and O–H groups in total. The van der Waals surface area contributed by atoms with E-state index in [4.69, 9.17) is 0 Å². The largest absolute Gasteiger partial charge is 0.308 e. The Bertz CT molecular complexity index is 423. The first-order chi connectivity index (χ1) is 7.94. The number of rotatable bonds is 2. The molecule has 1 nitrogen and oxygen atoms in total. The molecular weight excluding hydrogens is 227 g/mol. The first-order valence-electron chi connectivity index (χ1n) is 5.82. The van der Waals surface area contributed by atoms with E-state index in [0.717, 1.165) is 25.5 Å². The van der Waals surface area contributed by atoms with Gasteiger partial charge in [-0.2, -0.15) is 0 Å². The maximum Gasteiger partial charge on any atom is 0.163 e. The topological polar surface area (TPSA) is 12.0 Å². The van der Waals surface area contributed by atoms with Gasteiger partial charge in [-0.05, 0) is 50.9 Å². The summed E-state index contributed by atoms with van der Waals surface area (Å²) in [6.07, 6.45) is 0.342. The van der Waals surface area contributed by atoms with E-state index in [1.54, 1.807) is 0 Å². The molecule has 0 radical (unpaired) electrons. The first-order valence-corrected chi connectivity index (χ1v) is 5.82. The summed E-state index contributed by atoms with van der Waals surface area (Å²) in [7, 11) is 0. The Labute approximate surface area is 99.0 Å². The van der Waals surface area contributed by atoms with Crippen LogP contribution in [0.25, 0.3) is 0 Å². The van der Waals surface area contributed by atoms with Crippen molar-refractivity contribution in [1.82, 2.24) is 5.32 Å². The Morgan fingerprint density at radius 2 is 2.06 bits per heavy atom. The lowest BCUT2D eigenvalue weighted by molar-refractivity contribution is 0.362. The van der Waals surface area contributed by atoms with Crippen molar-refractivity contribution in [2.45, 2.75) is 38.4 Å². The minimum atomic E-state index is -1.30. The van der Waals surface area contributed by atoms with Crippen LogP contribution in [-0.4, -0.2) is 6.54 Å². The quantitative estimate of drug-likeness (QED) is 0.837. The third-order valence-electron chi connectivity index (χ3n) is 3.47. The van der Waals surface area contributed by atoms with E-state index in [1.807, 2.05) is 6.92 Å². The number of nitrogens with one attached hydrogen (secondary N) is 1. The van der Waals surface area contributed by atoms with Gasteiger partial charge in [0.25, 0.3) is 0 Å². The lowest BCUT2D eigenvalue weighted by Crippen LogP contribution is -2.34. The molecule has 0 aromatic heterocycles. The zero-order valence-corrected chi connectivity index (χ0v) is 9.99. The van der Waals surface area contributed by atoms with Crippen LogP contribution < -0.4 is 5.32 Å². The molecule has 4 heteroatoms. The average molecular weight is 243 g/mol. The van der Waals surface area contributed by atoms with Crippen LogP contribution in [0.4, 0.5) is 13.2 Å². The first kappa shape index (κ1) is 12.4. The fourth-order valence-corrected chi connectivity index (χ4v) is 2.37. The maximum atomic E-state index is 13.8. The monoisotopic (exact) mass is 243 g/mol. The van der Waals surface area contributed by atoms with Crippen molar-refractivity contribution in [3.8, 4) is 0 Å². The van der Waals surface area contributed by atoms with Gasteiger partial charge in [0, 0.05) is 11.1 Å². The molecule has 1 aliphatic rings. The van der Waals surface area contributed by atoms with Gasteiger partial charge >= 0.3 is 0 Å². The molecule has 0 spiro atoms. The lowest BCUT2D eigenvalue weighted by Gasteiger charge is -2.26. The van der Waals surface area contributed by atoms with Crippen LogP contribution >= 0.6 is 0 Å². The highest BCUT2D eigenvalue weighted by Gasteiger charge is 2.34. The van der Waals surface area contributed by atoms with E-state index >= 15 is 0 Å². The zero-order chi connectivity index (χ0) is 12.6. The molecule has 2 rings (SSSR count). The molecule has 1 heterocycles. The predicted molar refractivity (Wildman–Crippen MR) is 60.5 cm³/mol. The average Bonchev–Trinajstić information content (AvgIpc) is 2.69. The zero-order valence-electron chi connectivity index (χ0n) is 9.99. The second-order valence-corrected chi connectivity index (χ2v) is 4.84. The molecule has 1 aliphatic heterocycles. The van der Waals surface area contributed by atoms with Gasteiger partial charge in [-0.1, -0.05) is 0 Å². The second kappa shape index (κ2) is 4.33. The highest BCUT2D eigenvalue weighted by atomic mass is 19.2. The molecule has 1 saturated heterocycles. The van der Waals surface area contributed by atoms with Crippen LogP contribution in [0.1, 0.15) is 44.0 Å². The molecule has 1 aromatic rings. The Kier molecular flexibility index (Phi) is 3.17. The van der Waals surface area contributed by atoms with Gasteiger partial charge in [0.1, 0.15) is 6.17 Å². The molecule has 0 aliphatic carbocycles. The van der Waals surface area contributed by atoms with Gasteiger partial charge < -0.3 is 5.32 Å². The van der Waals surface area contributed by atoms with E-state index in [0.29, 0.717) is 0 Å². The second-order valence-electron chi connectivity index (χ2n) is 4.84. The van der Waals surface area contributed by atoms with Gasteiger partial charge in [0.15, 0.2) is 11.6 Å². The molecule has 1 fully saturated rings. The fourth-order valence-electron chi connectivity index (χ4n) is 2.37. The molecule has 0 saturated carbocycles. The van der Waals surface area contributed by atoms with Gasteiger partial charge in [0.2, 0.25) is 0 Å². The van der Waals surface area contributed by atoms with E-state index < -0.39 is 23.3 Å². The summed E-state index contributed by atoms with van der Waals surface area (Å²) in [6.45, 7) is 3.92. The van der Waals surface area contributed by atoms with Gasteiger partial charge in [-0.3, -0.25) is 0 Å². The fraction of sp³-hybridized carbons (Fsp3) is 0.538. The molecule has 1 aromatic carbocycles. The lowest BCUT2D eigenvalue weighted by atomic mass is 9.88. The van der Waals surface area contributed by atoms with Crippen LogP contribution in [-0.2, 0) is 5.54 Å². The minimum absolute atomic E-state index is 0.189. The molecule has 17 heavy (non-hydrogen) atoms. The number of halogens is 3. The summed E-state index contributed by atoms with van der Waals surface area (Å²) in [5.74, 6) is -1.84. The molecule has 94 valence electrons. The van der Waals surface area contributed by atoms with Crippen molar-refractivity contribution >= 4 is 0 Å². The van der Waals surface area contributed by atoms with Crippen molar-refractivity contribution < 1.29 is 13.2 Å². The summed E-state index contributed by atoms with van der Waals surface area (Å²) in [6, 6.07) is 2.36. The SMILES string of the molecule is CC(F)c1cc(F)c(F)c(C2(C)CCCN2)c1. The van der Waals surface area contributed by atoms with E-state index in [9.17, 15) is 13.2 Å². The third kappa shape index (κ3) is 2.18. The number of benzene rings is 1. The smallest absolute Gasteiger partial charge is 0.163 e. The molecule has 0 bridgehead atoms. The van der Waals surface area contributed by atoms with Gasteiger partial charge in [-0.15, -0.1) is 0 Å². The van der Waals surface area contributed by atoms with Crippen LogP contribution in [0.2, 0.25) is 0 Å². The number of hydrogen-bond donors (Lipinski definition) is 1. The van der Waals surface area contributed by atoms with Crippen molar-refractivity contribution in [2.75, 3.05) is 6.54 Å². The van der Waals surface area contributed by atoms with Crippen LogP contribution in [0.15, 0.2) is 12.1 Å². The standard InChI is InChI=1S/C13H16F3N/c1-8(14)9-6-10(12(16)11(15)7-9)13(2)4-3-5-17-13/h6-8,17H,3-5H2,1-2H3. The molecule has 2 unspecified atom stereocenters. The Hall–Kier alpha value is -1.03. The molecule has 2 atom stereocenters. The van der Waals surface area contributed by atoms with E-state index in [-0.39, 0.29) is 11.1 Å². The van der Waals surface area contributed by atoms with Crippen molar-refractivity contribution in [3.05, 3.63) is 34.9 Å². The van der Waals surface area contributed by atoms with Crippen molar-refractivity contribution in [1.29, 1.82) is 0 Å². The molecule has 0 amide bonds. The number of hydrogen-bond acceptors (Lipinski definition) is 1. The Balaban J connectivity index is 2.52. The predicted octanol–water partition coefficient (Wildman–Crippen LogP) is 3.59. The normalized spacial score (nSPS) is 26.2. The molecular formula is C13H16F3N. The summed E-state index contributed by atoms with van der Waals surface area (Å²) in [5, 5.41) is 3.15. The van der Waals surface area contributed by atoms with Crippen LogP contribution in [0.5, 0.6) is 0 Å². The Morgan fingerprint density at radius 3 is 2.59 bits per heavy atom. The van der Waals surface area contributed by atoms with Crippen molar-refractivity contribution in [2.24, 2.45) is 0 Å². The number of alkyl halides is 1. The van der Waals surface area contributed by atoms with Crippen molar-refractivity contribution in [3.63, 3.8) is 0 Å². The van der Waals surface area contributed by atoms with Crippen LogP contribution in [0, 0.1) is 11.6 Å². The van der Waals surface area contributed by atoms with Gasteiger partial charge in [0.05, 0.1) is 0 Å². The van der Waals surface area contributed by atoms with E-state index in [1.165, 1.54) is 13.0 Å². The Morgan fingerprint density at radius 1 is 1.35 bits per heavy atom. The third-order valence-corrected chi connectivity index (χ3v) is 3.47. The summed E-state index contributed by atoms with van der Waals surface area (Å²) < 4.78 is 40.5. The summed E-state index contributed by atoms with van der Waals surface area (Å²) in [5.41, 5.74) is -0.168. The highest BCUT2D eigenvalue weighted by Crippen LogP contribution is 2.35. The van der Waals surface area contributed by atoms with Gasteiger partial charge in [-0.25, -0.2) is 13.2 Å².